The maximum absolute atomic E-state index is 14.8. The van der Waals surface area contributed by atoms with Gasteiger partial charge in [0.1, 0.15) is 5.82 Å². The first-order chi connectivity index (χ1) is 18.3. The van der Waals surface area contributed by atoms with Gasteiger partial charge in [-0.2, -0.15) is 0 Å². The Morgan fingerprint density at radius 1 is 0.947 bits per heavy atom. The monoisotopic (exact) mass is 538 g/mol. The average molecular weight is 539 g/mol. The second kappa shape index (κ2) is 10.2. The molecule has 2 heterocycles. The second-order valence-electron chi connectivity index (χ2n) is 9.44. The molecule has 2 aliphatic rings. The van der Waals surface area contributed by atoms with Crippen molar-refractivity contribution in [1.82, 2.24) is 4.90 Å². The van der Waals surface area contributed by atoms with Crippen molar-refractivity contribution in [2.24, 2.45) is 5.41 Å². The van der Waals surface area contributed by atoms with Gasteiger partial charge in [-0.25, -0.2) is 4.39 Å². The van der Waals surface area contributed by atoms with Crippen molar-refractivity contribution in [2.45, 2.75) is 18.9 Å². The van der Waals surface area contributed by atoms with Crippen LogP contribution in [0.3, 0.4) is 0 Å². The fourth-order valence-electron chi connectivity index (χ4n) is 5.65. The molecule has 0 aromatic heterocycles. The first-order valence-electron chi connectivity index (χ1n) is 12.3. The Morgan fingerprint density at radius 3 is 2.11 bits per heavy atom. The van der Waals surface area contributed by atoms with Gasteiger partial charge in [-0.3, -0.25) is 9.59 Å². The highest BCUT2D eigenvalue weighted by molar-refractivity contribution is 6.30. The van der Waals surface area contributed by atoms with Crippen molar-refractivity contribution in [2.75, 3.05) is 39.3 Å². The van der Waals surface area contributed by atoms with Gasteiger partial charge in [0.05, 0.1) is 38.5 Å². The summed E-state index contributed by atoms with van der Waals surface area (Å²) < 4.78 is 30.9. The molecule has 2 aliphatic heterocycles. The molecule has 3 aromatic rings. The molecule has 9 heteroatoms. The van der Waals surface area contributed by atoms with Crippen molar-refractivity contribution in [3.8, 4) is 17.2 Å². The largest absolute Gasteiger partial charge is 0.493 e. The molecule has 7 nitrogen and oxygen atoms in total. The number of hydrogen-bond donors (Lipinski definition) is 0. The number of methoxy groups -OCH3 is 3. The zero-order valence-corrected chi connectivity index (χ0v) is 22.1. The first kappa shape index (κ1) is 25.9. The van der Waals surface area contributed by atoms with Crippen LogP contribution in [0, 0.1) is 11.2 Å². The van der Waals surface area contributed by atoms with Gasteiger partial charge in [-0.1, -0.05) is 35.9 Å². The highest BCUT2D eigenvalue weighted by Gasteiger charge is 2.62. The van der Waals surface area contributed by atoms with E-state index in [0.717, 1.165) is 5.56 Å². The Hall–Kier alpha value is -3.78. The zero-order valence-electron chi connectivity index (χ0n) is 21.4. The summed E-state index contributed by atoms with van der Waals surface area (Å²) in [5, 5.41) is 0.580. The first-order valence-corrected chi connectivity index (χ1v) is 12.7. The number of nitrogens with zero attached hydrogens (tertiary/aromatic N) is 2. The van der Waals surface area contributed by atoms with E-state index in [9.17, 15) is 14.0 Å². The minimum Gasteiger partial charge on any atom is -0.493 e. The molecule has 0 aliphatic carbocycles. The van der Waals surface area contributed by atoms with Crippen LogP contribution in [0.15, 0.2) is 60.7 Å². The van der Waals surface area contributed by atoms with E-state index in [1.807, 2.05) is 12.1 Å². The fraction of sp³-hybridized carbons (Fsp3) is 0.310. The molecule has 3 aromatic carbocycles. The van der Waals surface area contributed by atoms with E-state index in [4.69, 9.17) is 25.8 Å². The lowest BCUT2D eigenvalue weighted by Crippen LogP contribution is -2.67. The van der Waals surface area contributed by atoms with Crippen molar-refractivity contribution in [3.05, 3.63) is 82.6 Å². The van der Waals surface area contributed by atoms with Gasteiger partial charge in [0.2, 0.25) is 11.7 Å². The van der Waals surface area contributed by atoms with Crippen molar-refractivity contribution < 1.29 is 28.2 Å². The molecule has 38 heavy (non-hydrogen) atoms. The minimum atomic E-state index is -0.748. The number of benzene rings is 3. The topological polar surface area (TPSA) is 68.3 Å². The average Bonchev–Trinajstić information content (AvgIpc) is 2.95. The third kappa shape index (κ3) is 4.13. The summed E-state index contributed by atoms with van der Waals surface area (Å²) in [6.07, 6.45) is 0.889. The number of para-hydroxylation sites is 1. The van der Waals surface area contributed by atoms with E-state index in [2.05, 4.69) is 0 Å². The summed E-state index contributed by atoms with van der Waals surface area (Å²) in [6, 6.07) is 16.5. The van der Waals surface area contributed by atoms with Crippen LogP contribution >= 0.6 is 11.6 Å². The van der Waals surface area contributed by atoms with Crippen LogP contribution < -0.4 is 19.1 Å². The summed E-state index contributed by atoms with van der Waals surface area (Å²) in [6.45, 7) is 0.743. The molecule has 1 atom stereocenters. The second-order valence-corrected chi connectivity index (χ2v) is 9.88. The van der Waals surface area contributed by atoms with Gasteiger partial charge in [-0.05, 0) is 54.8 Å². The van der Waals surface area contributed by atoms with Gasteiger partial charge >= 0.3 is 0 Å². The molecule has 198 valence electrons. The molecule has 5 rings (SSSR count). The number of rotatable bonds is 6. The number of anilines is 1. The lowest BCUT2D eigenvalue weighted by atomic mass is 9.62. The van der Waals surface area contributed by atoms with Gasteiger partial charge < -0.3 is 24.0 Å². The van der Waals surface area contributed by atoms with Crippen LogP contribution in [0.4, 0.5) is 10.1 Å². The molecule has 1 spiro atoms. The SMILES string of the molecule is COc1cc(C(=O)N2CCC3(CC2)C(=O)N(c2ccccc2F)C3c2ccc(Cl)cc2)cc(OC)c1OC. The number of hydrogen-bond acceptors (Lipinski definition) is 5. The lowest BCUT2D eigenvalue weighted by molar-refractivity contribution is -0.144. The van der Waals surface area contributed by atoms with Crippen molar-refractivity contribution in [3.63, 3.8) is 0 Å². The Labute approximate surface area is 225 Å². The number of amides is 2. The summed E-state index contributed by atoms with van der Waals surface area (Å²) in [5.74, 6) is 0.401. The van der Waals surface area contributed by atoms with E-state index >= 15 is 0 Å². The summed E-state index contributed by atoms with van der Waals surface area (Å²) in [5.41, 5.74) is 0.778. The maximum Gasteiger partial charge on any atom is 0.254 e. The third-order valence-corrected chi connectivity index (χ3v) is 7.83. The lowest BCUT2D eigenvalue weighted by Gasteiger charge is -2.59. The summed E-state index contributed by atoms with van der Waals surface area (Å²) in [7, 11) is 4.50. The summed E-state index contributed by atoms with van der Waals surface area (Å²) in [4.78, 5) is 30.4. The highest BCUT2D eigenvalue weighted by Crippen LogP contribution is 2.58. The van der Waals surface area contributed by atoms with E-state index in [1.54, 1.807) is 47.4 Å². The highest BCUT2D eigenvalue weighted by atomic mass is 35.5. The summed E-state index contributed by atoms with van der Waals surface area (Å²) >= 11 is 6.13. The number of carbonyl (C=O) groups is 2. The standard InChI is InChI=1S/C29H28ClFN2O5/c1-36-23-16-19(17-24(37-2)25(23)38-3)27(34)32-14-12-29(13-15-32)26(18-8-10-20(30)11-9-18)33(28(29)35)22-7-5-4-6-21(22)31/h4-11,16-17,26H,12-15H2,1-3H3. The minimum absolute atomic E-state index is 0.137. The molecule has 0 N–H and O–H groups in total. The van der Waals surface area contributed by atoms with Crippen LogP contribution in [0.2, 0.25) is 5.02 Å². The molecule has 0 radical (unpaired) electrons. The van der Waals surface area contributed by atoms with Crippen LogP contribution in [0.25, 0.3) is 0 Å². The van der Waals surface area contributed by atoms with Crippen LogP contribution in [-0.4, -0.2) is 51.1 Å². The van der Waals surface area contributed by atoms with Gasteiger partial charge in [0.15, 0.2) is 11.5 Å². The molecular formula is C29H28ClFN2O5. The number of halogens is 2. The fourth-order valence-corrected chi connectivity index (χ4v) is 5.77. The van der Waals surface area contributed by atoms with Crippen molar-refractivity contribution >= 4 is 29.1 Å². The Bertz CT molecular complexity index is 1350. The molecule has 2 amide bonds. The maximum atomic E-state index is 14.8. The van der Waals surface area contributed by atoms with Gasteiger partial charge in [-0.15, -0.1) is 0 Å². The number of likely N-dealkylation sites (tertiary alicyclic amines) is 1. The number of β-lactam (4-membered cyclic amide) rings is 1. The van der Waals surface area contributed by atoms with Gasteiger partial charge in [0.25, 0.3) is 5.91 Å². The number of piperidine rings is 1. The molecule has 0 bridgehead atoms. The molecule has 2 fully saturated rings. The van der Waals surface area contributed by atoms with E-state index in [0.29, 0.717) is 53.8 Å². The molecule has 2 saturated heterocycles. The molecule has 0 saturated carbocycles. The van der Waals surface area contributed by atoms with Gasteiger partial charge in [0, 0.05) is 23.7 Å². The Balaban J connectivity index is 1.43. The van der Waals surface area contributed by atoms with E-state index < -0.39 is 11.2 Å². The molecular weight excluding hydrogens is 511 g/mol. The van der Waals surface area contributed by atoms with Crippen LogP contribution in [0.5, 0.6) is 17.2 Å². The predicted octanol–water partition coefficient (Wildman–Crippen LogP) is 5.52. The van der Waals surface area contributed by atoms with E-state index in [-0.39, 0.29) is 23.5 Å². The smallest absolute Gasteiger partial charge is 0.254 e. The van der Waals surface area contributed by atoms with Crippen LogP contribution in [0.1, 0.15) is 34.8 Å². The van der Waals surface area contributed by atoms with Crippen molar-refractivity contribution in [1.29, 1.82) is 0 Å². The predicted molar refractivity (Wildman–Crippen MR) is 142 cm³/mol. The zero-order chi connectivity index (χ0) is 27.0. The van der Waals surface area contributed by atoms with E-state index in [1.165, 1.54) is 32.3 Å². The Kier molecular flexibility index (Phi) is 6.92. The van der Waals surface area contributed by atoms with Crippen LogP contribution in [-0.2, 0) is 4.79 Å². The third-order valence-electron chi connectivity index (χ3n) is 7.58. The number of carbonyl (C=O) groups excluding carboxylic acids is 2. The quantitative estimate of drug-likeness (QED) is 0.387. The molecule has 1 unspecified atom stereocenters. The normalized spacial score (nSPS) is 18.2. The Morgan fingerprint density at radius 2 is 1.55 bits per heavy atom. The number of ether oxygens (including phenoxy) is 3.